The van der Waals surface area contributed by atoms with Crippen LogP contribution >= 0.6 is 23.5 Å². The summed E-state index contributed by atoms with van der Waals surface area (Å²) in [4.78, 5) is 30.6. The lowest BCUT2D eigenvalue weighted by Crippen LogP contribution is -2.37. The molecule has 2 aliphatic heterocycles. The molecule has 0 spiro atoms. The number of nitrogens with zero attached hydrogens (tertiary/aromatic N) is 6. The first-order chi connectivity index (χ1) is 15.4. The van der Waals surface area contributed by atoms with E-state index in [9.17, 15) is 4.79 Å². The summed E-state index contributed by atoms with van der Waals surface area (Å²) in [6.45, 7) is 5.08. The molecule has 1 atom stereocenters. The number of pyridine rings is 1. The number of nitrogen functional groups attached to an aromatic ring is 1. The summed E-state index contributed by atoms with van der Waals surface area (Å²) in [7, 11) is 1.65. The quantitative estimate of drug-likeness (QED) is 0.547. The zero-order valence-electron chi connectivity index (χ0n) is 17.9. The summed E-state index contributed by atoms with van der Waals surface area (Å²) in [5.74, 6) is 1.75. The van der Waals surface area contributed by atoms with Crippen molar-refractivity contribution in [2.45, 2.75) is 37.1 Å². The fourth-order valence-corrected chi connectivity index (χ4v) is 5.81. The summed E-state index contributed by atoms with van der Waals surface area (Å²) in [5.41, 5.74) is 10.2. The standard InChI is InChI=1S/C20H22N8O2S2/c1-9-7-23-12(10(2)15(9)30-3)8-28-16-14-11(27-28)6-13(32-18(14)26-19(21)24-16)17(29)25-20-22-4-5-31-20/h7,13H,4-6,8H2,1-3H3,(H2,21,24,26)(H,22,25,29). The zero-order valence-corrected chi connectivity index (χ0v) is 19.5. The number of amidine groups is 1. The molecular formula is C20H22N8O2S2. The molecule has 3 aromatic rings. The summed E-state index contributed by atoms with van der Waals surface area (Å²) in [5, 5.41) is 9.53. The Morgan fingerprint density at radius 1 is 1.38 bits per heavy atom. The monoisotopic (exact) mass is 470 g/mol. The number of anilines is 1. The molecule has 0 bridgehead atoms. The van der Waals surface area contributed by atoms with E-state index in [1.165, 1.54) is 11.8 Å². The molecule has 32 heavy (non-hydrogen) atoms. The number of aryl methyl sites for hydroxylation is 1. The van der Waals surface area contributed by atoms with Crippen molar-refractivity contribution in [2.75, 3.05) is 25.1 Å². The number of carbonyl (C=O) groups excluding carboxylic acids is 1. The molecule has 0 fully saturated rings. The lowest BCUT2D eigenvalue weighted by Gasteiger charge is -2.19. The SMILES string of the molecule is COc1c(C)cnc(Cn2nc3c4c(nc(N)nc42)SC(C(=O)NC2=NCCS2)C3)c1C. The van der Waals surface area contributed by atoms with Gasteiger partial charge in [-0.3, -0.25) is 14.8 Å². The molecule has 0 saturated carbocycles. The van der Waals surface area contributed by atoms with E-state index in [0.29, 0.717) is 28.8 Å². The Kier molecular flexibility index (Phi) is 5.41. The van der Waals surface area contributed by atoms with Gasteiger partial charge in [0.1, 0.15) is 10.8 Å². The van der Waals surface area contributed by atoms with Gasteiger partial charge in [-0.15, -0.1) is 0 Å². The van der Waals surface area contributed by atoms with E-state index in [2.05, 4.69) is 25.3 Å². The van der Waals surface area contributed by atoms with Crippen molar-refractivity contribution in [1.82, 2.24) is 30.0 Å². The molecule has 5 heterocycles. The van der Waals surface area contributed by atoms with Crippen molar-refractivity contribution in [3.8, 4) is 5.75 Å². The maximum Gasteiger partial charge on any atom is 0.239 e. The maximum absolute atomic E-state index is 12.9. The third kappa shape index (κ3) is 3.66. The number of thioether (sulfide) groups is 2. The Labute approximate surface area is 192 Å². The number of nitrogens with two attached hydrogens (primary N) is 1. The highest BCUT2D eigenvalue weighted by atomic mass is 32.2. The number of methoxy groups -OCH3 is 1. The first-order valence-corrected chi connectivity index (χ1v) is 12.0. The van der Waals surface area contributed by atoms with Crippen LogP contribution in [0.4, 0.5) is 5.95 Å². The molecule has 1 amide bonds. The lowest BCUT2D eigenvalue weighted by atomic mass is 10.1. The Balaban J connectivity index is 1.49. The molecule has 5 rings (SSSR count). The molecule has 2 aliphatic rings. The smallest absolute Gasteiger partial charge is 0.239 e. The van der Waals surface area contributed by atoms with Crippen LogP contribution in [0.1, 0.15) is 22.5 Å². The molecule has 166 valence electrons. The first kappa shape index (κ1) is 21.0. The number of carbonyl (C=O) groups is 1. The fraction of sp³-hybridized carbons (Fsp3) is 0.400. The van der Waals surface area contributed by atoms with Gasteiger partial charge in [0.25, 0.3) is 0 Å². The fourth-order valence-electron chi connectivity index (χ4n) is 3.93. The highest BCUT2D eigenvalue weighted by Gasteiger charge is 2.33. The van der Waals surface area contributed by atoms with Crippen molar-refractivity contribution >= 4 is 51.6 Å². The largest absolute Gasteiger partial charge is 0.496 e. The summed E-state index contributed by atoms with van der Waals surface area (Å²) in [6, 6.07) is 0. The minimum Gasteiger partial charge on any atom is -0.496 e. The zero-order chi connectivity index (χ0) is 22.4. The van der Waals surface area contributed by atoms with Gasteiger partial charge < -0.3 is 15.8 Å². The second-order valence-electron chi connectivity index (χ2n) is 7.57. The van der Waals surface area contributed by atoms with E-state index < -0.39 is 0 Å². The van der Waals surface area contributed by atoms with Crippen LogP contribution in [0.2, 0.25) is 0 Å². The third-order valence-electron chi connectivity index (χ3n) is 5.44. The molecule has 1 unspecified atom stereocenters. The number of amides is 1. The van der Waals surface area contributed by atoms with Gasteiger partial charge in [0, 0.05) is 29.5 Å². The van der Waals surface area contributed by atoms with Crippen LogP contribution in [0.5, 0.6) is 5.75 Å². The molecule has 12 heteroatoms. The number of hydrogen-bond acceptors (Lipinski definition) is 10. The van der Waals surface area contributed by atoms with Crippen molar-refractivity contribution in [3.05, 3.63) is 28.7 Å². The number of nitrogens with one attached hydrogen (secondary N) is 1. The molecule has 3 N–H and O–H groups in total. The Bertz CT molecular complexity index is 1270. The number of aliphatic imine (C=N–C) groups is 1. The Morgan fingerprint density at radius 3 is 2.97 bits per heavy atom. The summed E-state index contributed by atoms with van der Waals surface area (Å²) in [6.07, 6.45) is 2.27. The van der Waals surface area contributed by atoms with Crippen LogP contribution in [-0.4, -0.2) is 60.5 Å². The van der Waals surface area contributed by atoms with Gasteiger partial charge in [-0.1, -0.05) is 23.5 Å². The number of rotatable bonds is 4. The van der Waals surface area contributed by atoms with Crippen molar-refractivity contribution in [3.63, 3.8) is 0 Å². The van der Waals surface area contributed by atoms with Gasteiger partial charge in [0.15, 0.2) is 10.8 Å². The maximum atomic E-state index is 12.9. The predicted molar refractivity (Wildman–Crippen MR) is 125 cm³/mol. The van der Waals surface area contributed by atoms with Gasteiger partial charge in [0.05, 0.1) is 42.2 Å². The van der Waals surface area contributed by atoms with E-state index in [1.54, 1.807) is 29.8 Å². The topological polar surface area (TPSA) is 133 Å². The number of aromatic nitrogens is 5. The van der Waals surface area contributed by atoms with Crippen LogP contribution in [0, 0.1) is 13.8 Å². The van der Waals surface area contributed by atoms with Crippen LogP contribution < -0.4 is 15.8 Å². The lowest BCUT2D eigenvalue weighted by molar-refractivity contribution is -0.119. The normalized spacial score (nSPS) is 17.5. The molecule has 0 radical (unpaired) electrons. The minimum absolute atomic E-state index is 0.102. The average Bonchev–Trinajstić information content (AvgIpc) is 3.39. The Morgan fingerprint density at radius 2 is 2.22 bits per heavy atom. The minimum atomic E-state index is -0.369. The van der Waals surface area contributed by atoms with Gasteiger partial charge >= 0.3 is 0 Å². The molecular weight excluding hydrogens is 448 g/mol. The van der Waals surface area contributed by atoms with Crippen molar-refractivity contribution < 1.29 is 9.53 Å². The van der Waals surface area contributed by atoms with E-state index in [-0.39, 0.29) is 17.1 Å². The highest BCUT2D eigenvalue weighted by Crippen LogP contribution is 2.38. The molecule has 10 nitrogen and oxygen atoms in total. The first-order valence-electron chi connectivity index (χ1n) is 10.1. The van der Waals surface area contributed by atoms with Crippen molar-refractivity contribution in [2.24, 2.45) is 4.99 Å². The number of hydrogen-bond donors (Lipinski definition) is 2. The Hall–Kier alpha value is -2.86. The highest BCUT2D eigenvalue weighted by molar-refractivity contribution is 8.14. The second-order valence-corrected chi connectivity index (χ2v) is 9.85. The summed E-state index contributed by atoms with van der Waals surface area (Å²) >= 11 is 2.94. The predicted octanol–water partition coefficient (Wildman–Crippen LogP) is 1.71. The van der Waals surface area contributed by atoms with Gasteiger partial charge in [-0.25, -0.2) is 9.67 Å². The average molecular weight is 471 g/mol. The van der Waals surface area contributed by atoms with Gasteiger partial charge in [-0.05, 0) is 13.8 Å². The molecule has 3 aromatic heterocycles. The molecule has 0 aliphatic carbocycles. The van der Waals surface area contributed by atoms with E-state index >= 15 is 0 Å². The van der Waals surface area contributed by atoms with Gasteiger partial charge in [0.2, 0.25) is 11.9 Å². The van der Waals surface area contributed by atoms with E-state index in [4.69, 9.17) is 15.6 Å². The van der Waals surface area contributed by atoms with Crippen molar-refractivity contribution in [1.29, 1.82) is 0 Å². The van der Waals surface area contributed by atoms with E-state index in [0.717, 1.165) is 45.9 Å². The summed E-state index contributed by atoms with van der Waals surface area (Å²) < 4.78 is 7.32. The number of ether oxygens (including phenoxy) is 1. The molecule has 0 saturated heterocycles. The van der Waals surface area contributed by atoms with Crippen LogP contribution in [0.25, 0.3) is 11.0 Å². The molecule has 0 aromatic carbocycles. The van der Waals surface area contributed by atoms with Crippen LogP contribution in [0.15, 0.2) is 16.2 Å². The van der Waals surface area contributed by atoms with E-state index in [1.807, 2.05) is 13.8 Å². The van der Waals surface area contributed by atoms with Crippen LogP contribution in [-0.2, 0) is 17.8 Å². The van der Waals surface area contributed by atoms with Gasteiger partial charge in [-0.2, -0.15) is 10.1 Å². The third-order valence-corrected chi connectivity index (χ3v) is 7.51. The second kappa shape index (κ2) is 8.24. The van der Waals surface area contributed by atoms with Crippen LogP contribution in [0.3, 0.4) is 0 Å².